The van der Waals surface area contributed by atoms with Crippen LogP contribution in [0.2, 0.25) is 0 Å². The van der Waals surface area contributed by atoms with Crippen molar-refractivity contribution in [3.05, 3.63) is 27.7 Å². The van der Waals surface area contributed by atoms with E-state index in [4.69, 9.17) is 4.74 Å². The quantitative estimate of drug-likeness (QED) is 0.608. The lowest BCUT2D eigenvalue weighted by atomic mass is 9.98. The van der Waals surface area contributed by atoms with Crippen molar-refractivity contribution in [2.24, 2.45) is 0 Å². The highest BCUT2D eigenvalue weighted by Gasteiger charge is 2.15. The SMILES string of the molecule is CCCCCCCC(NC)c1cc(Br)c(C)cc1OC. The third kappa shape index (κ3) is 5.10. The molecule has 1 atom stereocenters. The van der Waals surface area contributed by atoms with Gasteiger partial charge in [0.05, 0.1) is 7.11 Å². The van der Waals surface area contributed by atoms with Gasteiger partial charge >= 0.3 is 0 Å². The van der Waals surface area contributed by atoms with Gasteiger partial charge in [-0.3, -0.25) is 0 Å². The average Bonchev–Trinajstić information content (AvgIpc) is 2.45. The number of hydrogen-bond acceptors (Lipinski definition) is 2. The largest absolute Gasteiger partial charge is 0.496 e. The minimum Gasteiger partial charge on any atom is -0.496 e. The lowest BCUT2D eigenvalue weighted by Crippen LogP contribution is -2.17. The van der Waals surface area contributed by atoms with E-state index >= 15 is 0 Å². The van der Waals surface area contributed by atoms with Gasteiger partial charge in [0.1, 0.15) is 5.75 Å². The smallest absolute Gasteiger partial charge is 0.123 e. The number of ether oxygens (including phenoxy) is 1. The number of benzene rings is 1. The van der Waals surface area contributed by atoms with Crippen LogP contribution in [-0.4, -0.2) is 14.2 Å². The van der Waals surface area contributed by atoms with Gasteiger partial charge in [-0.05, 0) is 38.1 Å². The van der Waals surface area contributed by atoms with Gasteiger partial charge in [0.25, 0.3) is 0 Å². The first kappa shape index (κ1) is 17.5. The summed E-state index contributed by atoms with van der Waals surface area (Å²) in [5, 5.41) is 3.43. The Morgan fingerprint density at radius 1 is 1.20 bits per heavy atom. The average molecular weight is 342 g/mol. The Balaban J connectivity index is 2.71. The third-order valence-corrected chi connectivity index (χ3v) is 4.69. The van der Waals surface area contributed by atoms with Gasteiger partial charge in [0.15, 0.2) is 0 Å². The van der Waals surface area contributed by atoms with Crippen molar-refractivity contribution in [1.82, 2.24) is 5.32 Å². The number of rotatable bonds is 9. The molecule has 0 saturated carbocycles. The van der Waals surface area contributed by atoms with Crippen molar-refractivity contribution in [2.75, 3.05) is 14.2 Å². The van der Waals surface area contributed by atoms with Crippen LogP contribution in [0, 0.1) is 6.92 Å². The summed E-state index contributed by atoms with van der Waals surface area (Å²) in [6.45, 7) is 4.35. The Morgan fingerprint density at radius 2 is 1.90 bits per heavy atom. The van der Waals surface area contributed by atoms with Crippen LogP contribution in [-0.2, 0) is 0 Å². The Labute approximate surface area is 132 Å². The summed E-state index contributed by atoms with van der Waals surface area (Å²) in [5.74, 6) is 0.985. The van der Waals surface area contributed by atoms with E-state index in [-0.39, 0.29) is 0 Å². The maximum absolute atomic E-state index is 5.55. The van der Waals surface area contributed by atoms with Crippen LogP contribution in [0.25, 0.3) is 0 Å². The first-order valence-electron chi connectivity index (χ1n) is 7.65. The number of aryl methyl sites for hydroxylation is 1. The second kappa shape index (κ2) is 9.41. The second-order valence-electron chi connectivity index (χ2n) is 5.39. The molecular formula is C17H28BrNO. The molecule has 0 bridgehead atoms. The van der Waals surface area contributed by atoms with E-state index in [9.17, 15) is 0 Å². The summed E-state index contributed by atoms with van der Waals surface area (Å²) in [5.41, 5.74) is 2.46. The summed E-state index contributed by atoms with van der Waals surface area (Å²) in [4.78, 5) is 0. The summed E-state index contributed by atoms with van der Waals surface area (Å²) in [6.07, 6.45) is 7.74. The van der Waals surface area contributed by atoms with Gasteiger partial charge in [-0.25, -0.2) is 0 Å². The van der Waals surface area contributed by atoms with Gasteiger partial charge in [-0.1, -0.05) is 55.0 Å². The molecule has 0 spiro atoms. The molecule has 0 aliphatic rings. The maximum Gasteiger partial charge on any atom is 0.123 e. The zero-order chi connectivity index (χ0) is 15.0. The molecule has 2 nitrogen and oxygen atoms in total. The van der Waals surface area contributed by atoms with Gasteiger partial charge in [0, 0.05) is 16.1 Å². The summed E-state index contributed by atoms with van der Waals surface area (Å²) in [6, 6.07) is 4.67. The fourth-order valence-corrected chi connectivity index (χ4v) is 2.89. The predicted molar refractivity (Wildman–Crippen MR) is 90.6 cm³/mol. The van der Waals surface area contributed by atoms with Crippen molar-refractivity contribution in [3.63, 3.8) is 0 Å². The van der Waals surface area contributed by atoms with Crippen LogP contribution in [0.1, 0.15) is 62.6 Å². The molecule has 1 unspecified atom stereocenters. The van der Waals surface area contributed by atoms with Crippen molar-refractivity contribution >= 4 is 15.9 Å². The molecule has 0 fully saturated rings. The van der Waals surface area contributed by atoms with Crippen molar-refractivity contribution in [2.45, 2.75) is 58.4 Å². The predicted octanol–water partition coefficient (Wildman–Crippen LogP) is 5.39. The highest BCUT2D eigenvalue weighted by Crippen LogP contribution is 2.33. The minimum absolute atomic E-state index is 0.364. The molecule has 0 amide bonds. The molecule has 1 N–H and O–H groups in total. The van der Waals surface area contributed by atoms with Crippen LogP contribution in [0.5, 0.6) is 5.75 Å². The molecule has 0 radical (unpaired) electrons. The first-order chi connectivity index (χ1) is 9.63. The van der Waals surface area contributed by atoms with E-state index in [2.05, 4.69) is 47.2 Å². The Hall–Kier alpha value is -0.540. The normalized spacial score (nSPS) is 12.4. The molecule has 0 saturated heterocycles. The molecule has 1 rings (SSSR count). The maximum atomic E-state index is 5.55. The Bertz CT molecular complexity index is 406. The zero-order valence-electron chi connectivity index (χ0n) is 13.3. The van der Waals surface area contributed by atoms with E-state index in [0.29, 0.717) is 6.04 Å². The van der Waals surface area contributed by atoms with Crippen LogP contribution in [0.3, 0.4) is 0 Å². The summed E-state index contributed by atoms with van der Waals surface area (Å²) in [7, 11) is 3.78. The molecule has 1 aromatic carbocycles. The number of hydrogen-bond donors (Lipinski definition) is 1. The van der Waals surface area contributed by atoms with Gasteiger partial charge in [-0.15, -0.1) is 0 Å². The van der Waals surface area contributed by atoms with E-state index < -0.39 is 0 Å². The van der Waals surface area contributed by atoms with Crippen molar-refractivity contribution in [3.8, 4) is 5.75 Å². The molecule has 0 aliphatic heterocycles. The molecular weight excluding hydrogens is 314 g/mol. The Morgan fingerprint density at radius 3 is 2.50 bits per heavy atom. The van der Waals surface area contributed by atoms with Gasteiger partial charge < -0.3 is 10.1 Å². The van der Waals surface area contributed by atoms with Crippen LogP contribution in [0.4, 0.5) is 0 Å². The molecule has 20 heavy (non-hydrogen) atoms. The second-order valence-corrected chi connectivity index (χ2v) is 6.24. The monoisotopic (exact) mass is 341 g/mol. The molecule has 0 aliphatic carbocycles. The number of methoxy groups -OCH3 is 1. The van der Waals surface area contributed by atoms with Crippen LogP contribution in [0.15, 0.2) is 16.6 Å². The van der Waals surface area contributed by atoms with Gasteiger partial charge in [0.2, 0.25) is 0 Å². The fraction of sp³-hybridized carbons (Fsp3) is 0.647. The highest BCUT2D eigenvalue weighted by molar-refractivity contribution is 9.10. The van der Waals surface area contributed by atoms with E-state index in [1.807, 2.05) is 7.05 Å². The van der Waals surface area contributed by atoms with E-state index in [1.54, 1.807) is 7.11 Å². The topological polar surface area (TPSA) is 21.3 Å². The fourth-order valence-electron chi connectivity index (χ4n) is 2.53. The third-order valence-electron chi connectivity index (χ3n) is 3.83. The molecule has 0 aromatic heterocycles. The molecule has 3 heteroatoms. The van der Waals surface area contributed by atoms with Crippen molar-refractivity contribution < 1.29 is 4.74 Å². The number of unbranched alkanes of at least 4 members (excludes halogenated alkanes) is 4. The van der Waals surface area contributed by atoms with E-state index in [1.165, 1.54) is 43.2 Å². The zero-order valence-corrected chi connectivity index (χ0v) is 14.8. The molecule has 114 valence electrons. The van der Waals surface area contributed by atoms with Gasteiger partial charge in [-0.2, -0.15) is 0 Å². The molecule has 1 aromatic rings. The minimum atomic E-state index is 0.364. The summed E-state index contributed by atoms with van der Waals surface area (Å²) < 4.78 is 6.70. The first-order valence-corrected chi connectivity index (χ1v) is 8.44. The summed E-state index contributed by atoms with van der Waals surface area (Å²) >= 11 is 3.63. The number of halogens is 1. The Kier molecular flexibility index (Phi) is 8.24. The van der Waals surface area contributed by atoms with E-state index in [0.717, 1.165) is 16.6 Å². The van der Waals surface area contributed by atoms with Crippen LogP contribution < -0.4 is 10.1 Å². The number of nitrogens with one attached hydrogen (secondary N) is 1. The lowest BCUT2D eigenvalue weighted by molar-refractivity contribution is 0.395. The van der Waals surface area contributed by atoms with Crippen molar-refractivity contribution in [1.29, 1.82) is 0 Å². The standard InChI is InChI=1S/C17H28BrNO/c1-5-6-7-8-9-10-16(19-3)14-12-15(18)13(2)11-17(14)20-4/h11-12,16,19H,5-10H2,1-4H3. The highest BCUT2D eigenvalue weighted by atomic mass is 79.9. The lowest BCUT2D eigenvalue weighted by Gasteiger charge is -2.20. The van der Waals surface area contributed by atoms with Crippen LogP contribution >= 0.6 is 15.9 Å². The molecule has 0 heterocycles.